The molecule has 1 heterocycles. The Morgan fingerprint density at radius 3 is 2.62 bits per heavy atom. The van der Waals surface area contributed by atoms with Gasteiger partial charge in [-0.25, -0.2) is 0 Å². The monoisotopic (exact) mass is 225 g/mol. The van der Waals surface area contributed by atoms with E-state index < -0.39 is 0 Å². The second kappa shape index (κ2) is 7.44. The summed E-state index contributed by atoms with van der Waals surface area (Å²) in [6, 6.07) is 3.91. The van der Waals surface area contributed by atoms with Gasteiger partial charge in [-0.05, 0) is 33.3 Å². The van der Waals surface area contributed by atoms with E-state index in [1.807, 2.05) is 12.1 Å². The normalized spacial score (nSPS) is 11.6. The molecule has 1 aromatic rings. The van der Waals surface area contributed by atoms with Crippen molar-refractivity contribution in [2.24, 2.45) is 0 Å². The van der Waals surface area contributed by atoms with Crippen LogP contribution >= 0.6 is 0 Å². The van der Waals surface area contributed by atoms with Crippen molar-refractivity contribution >= 4 is 0 Å². The third kappa shape index (κ3) is 5.90. The molecule has 4 heteroatoms. The Bertz CT molecular complexity index is 259. The maximum Gasteiger partial charge on any atom is 0.117 e. The lowest BCUT2D eigenvalue weighted by molar-refractivity contribution is 0.280. The molecule has 0 saturated carbocycles. The molecule has 0 atom stereocenters. The molecule has 0 saturated heterocycles. The van der Waals surface area contributed by atoms with E-state index in [9.17, 15) is 0 Å². The van der Waals surface area contributed by atoms with Gasteiger partial charge < -0.3 is 19.5 Å². The molecule has 0 fully saturated rings. The van der Waals surface area contributed by atoms with E-state index in [1.165, 1.54) is 0 Å². The Balaban J connectivity index is 1.98. The summed E-state index contributed by atoms with van der Waals surface area (Å²) in [5.41, 5.74) is 0. The number of furan rings is 1. The van der Waals surface area contributed by atoms with Gasteiger partial charge in [-0.3, -0.25) is 0 Å². The number of rotatable bonds is 8. The molecular formula is C12H23N3O. The van der Waals surface area contributed by atoms with E-state index in [2.05, 4.69) is 36.3 Å². The Labute approximate surface area is 98.2 Å². The molecule has 1 aromatic heterocycles. The Morgan fingerprint density at radius 1 is 1.19 bits per heavy atom. The molecule has 1 N–H and O–H groups in total. The van der Waals surface area contributed by atoms with Crippen LogP contribution in [0.3, 0.4) is 0 Å². The Hall–Kier alpha value is -0.840. The minimum absolute atomic E-state index is 0.814. The molecule has 0 amide bonds. The van der Waals surface area contributed by atoms with Gasteiger partial charge in [0.05, 0.1) is 12.8 Å². The highest BCUT2D eigenvalue weighted by Crippen LogP contribution is 1.97. The van der Waals surface area contributed by atoms with Crippen LogP contribution < -0.4 is 5.32 Å². The van der Waals surface area contributed by atoms with Crippen LogP contribution in [0.25, 0.3) is 0 Å². The predicted molar refractivity (Wildman–Crippen MR) is 66.5 cm³/mol. The van der Waals surface area contributed by atoms with Crippen LogP contribution in [0, 0.1) is 0 Å². The van der Waals surface area contributed by atoms with Crippen LogP contribution in [0.1, 0.15) is 5.76 Å². The fraction of sp³-hybridized carbons (Fsp3) is 0.667. The average molecular weight is 225 g/mol. The topological polar surface area (TPSA) is 31.6 Å². The van der Waals surface area contributed by atoms with Crippen LogP contribution in [0.4, 0.5) is 0 Å². The lowest BCUT2D eigenvalue weighted by Gasteiger charge is -2.19. The number of nitrogens with zero attached hydrogens (tertiary/aromatic N) is 2. The molecule has 0 bridgehead atoms. The Kier molecular flexibility index (Phi) is 6.15. The van der Waals surface area contributed by atoms with Crippen LogP contribution in [0.2, 0.25) is 0 Å². The van der Waals surface area contributed by atoms with Gasteiger partial charge in [0.25, 0.3) is 0 Å². The quantitative estimate of drug-likeness (QED) is 0.665. The van der Waals surface area contributed by atoms with Gasteiger partial charge in [-0.2, -0.15) is 0 Å². The van der Waals surface area contributed by atoms with Crippen LogP contribution in [-0.2, 0) is 6.54 Å². The van der Waals surface area contributed by atoms with E-state index in [1.54, 1.807) is 6.26 Å². The van der Waals surface area contributed by atoms with Crippen molar-refractivity contribution in [3.05, 3.63) is 24.2 Å². The maximum atomic E-state index is 5.24. The van der Waals surface area contributed by atoms with Crippen molar-refractivity contribution in [1.82, 2.24) is 15.1 Å². The van der Waals surface area contributed by atoms with Gasteiger partial charge in [0.2, 0.25) is 0 Å². The molecule has 92 valence electrons. The van der Waals surface area contributed by atoms with Crippen molar-refractivity contribution in [1.29, 1.82) is 0 Å². The van der Waals surface area contributed by atoms with Crippen molar-refractivity contribution in [3.63, 3.8) is 0 Å². The summed E-state index contributed by atoms with van der Waals surface area (Å²) in [6.45, 7) is 5.08. The molecule has 0 radical (unpaired) electrons. The summed E-state index contributed by atoms with van der Waals surface area (Å²) in [6.07, 6.45) is 1.71. The minimum Gasteiger partial charge on any atom is -0.468 e. The molecule has 0 aliphatic heterocycles. The van der Waals surface area contributed by atoms with Gasteiger partial charge in [-0.15, -0.1) is 0 Å². The first-order valence-electron chi connectivity index (χ1n) is 5.75. The molecular weight excluding hydrogens is 202 g/mol. The molecule has 0 aromatic carbocycles. The molecule has 0 unspecified atom stereocenters. The summed E-state index contributed by atoms with van der Waals surface area (Å²) in [4.78, 5) is 4.53. The fourth-order valence-electron chi connectivity index (χ4n) is 1.38. The highest BCUT2D eigenvalue weighted by Gasteiger charge is 1.99. The van der Waals surface area contributed by atoms with Gasteiger partial charge in [0, 0.05) is 26.2 Å². The van der Waals surface area contributed by atoms with E-state index in [0.717, 1.165) is 38.5 Å². The van der Waals surface area contributed by atoms with Crippen LogP contribution in [0.15, 0.2) is 22.8 Å². The number of nitrogens with one attached hydrogen (secondary N) is 1. The highest BCUT2D eigenvalue weighted by molar-refractivity contribution is 4.97. The first-order valence-corrected chi connectivity index (χ1v) is 5.75. The second-order valence-electron chi connectivity index (χ2n) is 4.36. The van der Waals surface area contributed by atoms with E-state index >= 15 is 0 Å². The molecule has 4 nitrogen and oxygen atoms in total. The van der Waals surface area contributed by atoms with Crippen LogP contribution in [0.5, 0.6) is 0 Å². The van der Waals surface area contributed by atoms with E-state index in [4.69, 9.17) is 4.42 Å². The maximum absolute atomic E-state index is 5.24. The smallest absolute Gasteiger partial charge is 0.117 e. The third-order valence-electron chi connectivity index (χ3n) is 2.48. The summed E-state index contributed by atoms with van der Waals surface area (Å²) >= 11 is 0. The number of hydrogen-bond donors (Lipinski definition) is 1. The number of hydrogen-bond acceptors (Lipinski definition) is 4. The standard InChI is InChI=1S/C12H23N3O/c1-14(2)8-9-15(3)7-6-13-11-12-5-4-10-16-12/h4-5,10,13H,6-9,11H2,1-3H3. The van der Waals surface area contributed by atoms with Crippen molar-refractivity contribution in [2.45, 2.75) is 6.54 Å². The van der Waals surface area contributed by atoms with Crippen molar-refractivity contribution < 1.29 is 4.42 Å². The Morgan fingerprint density at radius 2 is 2.00 bits per heavy atom. The molecule has 0 spiro atoms. The zero-order valence-corrected chi connectivity index (χ0v) is 10.6. The van der Waals surface area contributed by atoms with Gasteiger partial charge >= 0.3 is 0 Å². The first-order chi connectivity index (χ1) is 7.68. The first kappa shape index (κ1) is 13.2. The zero-order chi connectivity index (χ0) is 11.8. The van der Waals surface area contributed by atoms with Gasteiger partial charge in [0.1, 0.15) is 5.76 Å². The lowest BCUT2D eigenvalue weighted by atomic mass is 10.4. The zero-order valence-electron chi connectivity index (χ0n) is 10.6. The molecule has 16 heavy (non-hydrogen) atoms. The van der Waals surface area contributed by atoms with Gasteiger partial charge in [-0.1, -0.05) is 0 Å². The third-order valence-corrected chi connectivity index (χ3v) is 2.48. The molecule has 1 rings (SSSR count). The number of likely N-dealkylation sites (N-methyl/N-ethyl adjacent to an activating group) is 2. The highest BCUT2D eigenvalue weighted by atomic mass is 16.3. The fourth-order valence-corrected chi connectivity index (χ4v) is 1.38. The summed E-state index contributed by atoms with van der Waals surface area (Å²) in [5, 5.41) is 3.36. The molecule has 0 aliphatic rings. The predicted octanol–water partition coefficient (Wildman–Crippen LogP) is 0.863. The lowest BCUT2D eigenvalue weighted by Crippen LogP contribution is -2.33. The van der Waals surface area contributed by atoms with Gasteiger partial charge in [0.15, 0.2) is 0 Å². The van der Waals surface area contributed by atoms with E-state index in [0.29, 0.717) is 0 Å². The largest absolute Gasteiger partial charge is 0.468 e. The average Bonchev–Trinajstić information content (AvgIpc) is 2.74. The van der Waals surface area contributed by atoms with Crippen LogP contribution in [-0.4, -0.2) is 57.1 Å². The van der Waals surface area contributed by atoms with Crippen molar-refractivity contribution in [2.75, 3.05) is 47.3 Å². The minimum atomic E-state index is 0.814. The summed E-state index contributed by atoms with van der Waals surface area (Å²) < 4.78 is 5.24. The van der Waals surface area contributed by atoms with E-state index in [-0.39, 0.29) is 0 Å². The summed E-state index contributed by atoms with van der Waals surface area (Å²) in [7, 11) is 6.35. The SMILES string of the molecule is CN(C)CCN(C)CCNCc1ccco1. The second-order valence-corrected chi connectivity index (χ2v) is 4.36. The van der Waals surface area contributed by atoms with Crippen molar-refractivity contribution in [3.8, 4) is 0 Å². The summed E-state index contributed by atoms with van der Waals surface area (Å²) in [5.74, 6) is 0.996. The molecule has 0 aliphatic carbocycles.